The third-order valence-corrected chi connectivity index (χ3v) is 4.03. The second-order valence-electron chi connectivity index (χ2n) is 5.71. The van der Waals surface area contributed by atoms with Gasteiger partial charge in [0.05, 0.1) is 5.57 Å². The quantitative estimate of drug-likeness (QED) is 0.821. The Morgan fingerprint density at radius 2 is 1.57 bits per heavy atom. The molecule has 0 spiro atoms. The molecule has 1 aliphatic carbocycles. The number of nitrogens with one attached hydrogen (secondary N) is 1. The maximum atomic E-state index is 12.3. The summed E-state index contributed by atoms with van der Waals surface area (Å²) in [4.78, 5) is 12.3. The molecule has 3 heteroatoms. The minimum Gasteiger partial charge on any atom is -0.457 e. The lowest BCUT2D eigenvalue weighted by Gasteiger charge is -2.11. The zero-order valence-corrected chi connectivity index (χ0v) is 13.1. The molecule has 0 unspecified atom stereocenters. The Hall–Kier alpha value is -2.55. The van der Waals surface area contributed by atoms with Gasteiger partial charge in [-0.05, 0) is 30.4 Å². The lowest BCUT2D eigenvalue weighted by Crippen LogP contribution is -2.16. The third-order valence-electron chi connectivity index (χ3n) is 4.03. The Morgan fingerprint density at radius 3 is 2.26 bits per heavy atom. The van der Waals surface area contributed by atoms with Gasteiger partial charge in [-0.15, -0.1) is 0 Å². The van der Waals surface area contributed by atoms with Gasteiger partial charge in [0, 0.05) is 12.2 Å². The number of carbonyl (C=O) groups is 1. The smallest absolute Gasteiger partial charge is 0.336 e. The number of rotatable bonds is 6. The molecule has 0 fully saturated rings. The summed E-state index contributed by atoms with van der Waals surface area (Å²) >= 11 is 0. The predicted molar refractivity (Wildman–Crippen MR) is 90.4 cm³/mol. The second kappa shape index (κ2) is 7.63. The van der Waals surface area contributed by atoms with Crippen LogP contribution in [0.2, 0.25) is 0 Å². The Balaban J connectivity index is 1.59. The van der Waals surface area contributed by atoms with Crippen LogP contribution in [-0.4, -0.2) is 5.97 Å². The van der Waals surface area contributed by atoms with Crippen molar-refractivity contribution in [2.24, 2.45) is 0 Å². The fourth-order valence-corrected chi connectivity index (χ4v) is 2.78. The molecule has 0 heterocycles. The van der Waals surface area contributed by atoms with Gasteiger partial charge in [0.2, 0.25) is 0 Å². The lowest BCUT2D eigenvalue weighted by molar-refractivity contribution is -0.140. The molecular formula is C20H21NO2. The number of benzene rings is 2. The zero-order valence-electron chi connectivity index (χ0n) is 13.1. The van der Waals surface area contributed by atoms with Crippen molar-refractivity contribution in [1.29, 1.82) is 0 Å². The number of allylic oxidation sites excluding steroid dienone is 1. The SMILES string of the molecule is O=C(OCc1ccccc1)C1=C(NCc2ccccc2)CCC1. The van der Waals surface area contributed by atoms with Crippen molar-refractivity contribution in [1.82, 2.24) is 5.32 Å². The molecule has 0 atom stereocenters. The van der Waals surface area contributed by atoms with E-state index in [1.165, 1.54) is 5.56 Å². The van der Waals surface area contributed by atoms with E-state index >= 15 is 0 Å². The normalized spacial score (nSPS) is 13.9. The zero-order chi connectivity index (χ0) is 15.9. The van der Waals surface area contributed by atoms with E-state index in [0.717, 1.165) is 42.6 Å². The van der Waals surface area contributed by atoms with Crippen molar-refractivity contribution in [2.45, 2.75) is 32.4 Å². The van der Waals surface area contributed by atoms with Gasteiger partial charge in [0.1, 0.15) is 6.61 Å². The first kappa shape index (κ1) is 15.3. The Kier molecular flexibility index (Phi) is 5.09. The highest BCUT2D eigenvalue weighted by Crippen LogP contribution is 2.25. The van der Waals surface area contributed by atoms with Crippen LogP contribution in [0.4, 0.5) is 0 Å². The lowest BCUT2D eigenvalue weighted by atomic mass is 10.2. The van der Waals surface area contributed by atoms with E-state index in [1.54, 1.807) is 0 Å². The Labute approximate surface area is 137 Å². The average molecular weight is 307 g/mol. The van der Waals surface area contributed by atoms with Gasteiger partial charge in [0.25, 0.3) is 0 Å². The molecule has 0 bridgehead atoms. The number of hydrogen-bond acceptors (Lipinski definition) is 3. The first-order valence-electron chi connectivity index (χ1n) is 8.04. The minimum absolute atomic E-state index is 0.193. The number of carbonyl (C=O) groups excluding carboxylic acids is 1. The molecule has 0 radical (unpaired) electrons. The standard InChI is InChI=1S/C20H21NO2/c22-20(23-15-17-10-5-2-6-11-17)18-12-7-13-19(18)21-14-16-8-3-1-4-9-16/h1-6,8-11,21H,7,12-15H2. The molecule has 3 rings (SSSR count). The molecule has 0 aromatic heterocycles. The van der Waals surface area contributed by atoms with Gasteiger partial charge < -0.3 is 10.1 Å². The van der Waals surface area contributed by atoms with Crippen molar-refractivity contribution in [2.75, 3.05) is 0 Å². The van der Waals surface area contributed by atoms with Crippen LogP contribution in [0.1, 0.15) is 30.4 Å². The van der Waals surface area contributed by atoms with E-state index in [-0.39, 0.29) is 5.97 Å². The summed E-state index contributed by atoms with van der Waals surface area (Å²) in [6.45, 7) is 1.07. The van der Waals surface area contributed by atoms with Crippen molar-refractivity contribution < 1.29 is 9.53 Å². The molecular weight excluding hydrogens is 286 g/mol. The van der Waals surface area contributed by atoms with E-state index in [2.05, 4.69) is 17.4 Å². The summed E-state index contributed by atoms with van der Waals surface area (Å²) in [5, 5.41) is 3.41. The summed E-state index contributed by atoms with van der Waals surface area (Å²) in [5.41, 5.74) is 4.06. The number of esters is 1. The highest BCUT2D eigenvalue weighted by atomic mass is 16.5. The van der Waals surface area contributed by atoms with Crippen molar-refractivity contribution >= 4 is 5.97 Å². The highest BCUT2D eigenvalue weighted by molar-refractivity contribution is 5.89. The van der Waals surface area contributed by atoms with Crippen molar-refractivity contribution in [3.63, 3.8) is 0 Å². The van der Waals surface area contributed by atoms with Gasteiger partial charge in [-0.3, -0.25) is 0 Å². The molecule has 2 aromatic carbocycles. The van der Waals surface area contributed by atoms with Crippen LogP contribution in [0.15, 0.2) is 71.9 Å². The van der Waals surface area contributed by atoms with Crippen LogP contribution in [0, 0.1) is 0 Å². The number of hydrogen-bond donors (Lipinski definition) is 1. The second-order valence-corrected chi connectivity index (χ2v) is 5.71. The molecule has 118 valence electrons. The molecule has 2 aromatic rings. The van der Waals surface area contributed by atoms with E-state index < -0.39 is 0 Å². The third kappa shape index (κ3) is 4.22. The van der Waals surface area contributed by atoms with Crippen LogP contribution in [0.3, 0.4) is 0 Å². The van der Waals surface area contributed by atoms with Crippen LogP contribution >= 0.6 is 0 Å². The molecule has 0 saturated heterocycles. The van der Waals surface area contributed by atoms with E-state index in [9.17, 15) is 4.79 Å². The fraction of sp³-hybridized carbons (Fsp3) is 0.250. The highest BCUT2D eigenvalue weighted by Gasteiger charge is 2.22. The monoisotopic (exact) mass is 307 g/mol. The Morgan fingerprint density at radius 1 is 0.913 bits per heavy atom. The summed E-state index contributed by atoms with van der Waals surface area (Å²) in [5.74, 6) is -0.193. The fourth-order valence-electron chi connectivity index (χ4n) is 2.78. The largest absolute Gasteiger partial charge is 0.457 e. The predicted octanol–water partition coefficient (Wildman–Crippen LogP) is 3.96. The van der Waals surface area contributed by atoms with Gasteiger partial charge in [-0.25, -0.2) is 4.79 Å². The molecule has 0 amide bonds. The molecule has 1 aliphatic rings. The summed E-state index contributed by atoms with van der Waals surface area (Å²) in [6.07, 6.45) is 2.72. The minimum atomic E-state index is -0.193. The molecule has 0 saturated carbocycles. The van der Waals surface area contributed by atoms with Crippen LogP contribution in [-0.2, 0) is 22.7 Å². The van der Waals surface area contributed by atoms with Crippen LogP contribution < -0.4 is 5.32 Å². The summed E-state index contributed by atoms with van der Waals surface area (Å²) < 4.78 is 5.46. The van der Waals surface area contributed by atoms with E-state index in [1.807, 2.05) is 48.5 Å². The van der Waals surface area contributed by atoms with E-state index in [0.29, 0.717) is 6.61 Å². The van der Waals surface area contributed by atoms with E-state index in [4.69, 9.17) is 4.74 Å². The topological polar surface area (TPSA) is 38.3 Å². The van der Waals surface area contributed by atoms with Crippen molar-refractivity contribution in [3.8, 4) is 0 Å². The Bertz CT molecular complexity index is 677. The first-order valence-corrected chi connectivity index (χ1v) is 8.04. The van der Waals surface area contributed by atoms with Gasteiger partial charge >= 0.3 is 5.97 Å². The van der Waals surface area contributed by atoms with Crippen LogP contribution in [0.25, 0.3) is 0 Å². The van der Waals surface area contributed by atoms with Gasteiger partial charge in [-0.1, -0.05) is 60.7 Å². The molecule has 0 aliphatic heterocycles. The molecule has 3 nitrogen and oxygen atoms in total. The van der Waals surface area contributed by atoms with Gasteiger partial charge in [-0.2, -0.15) is 0 Å². The summed E-state index contributed by atoms with van der Waals surface area (Å²) in [7, 11) is 0. The summed E-state index contributed by atoms with van der Waals surface area (Å²) in [6, 6.07) is 20.0. The maximum Gasteiger partial charge on any atom is 0.336 e. The average Bonchev–Trinajstić information content (AvgIpc) is 3.08. The number of ether oxygens (including phenoxy) is 1. The van der Waals surface area contributed by atoms with Crippen LogP contribution in [0.5, 0.6) is 0 Å². The molecule has 1 N–H and O–H groups in total. The maximum absolute atomic E-state index is 12.3. The first-order chi connectivity index (χ1) is 11.3. The van der Waals surface area contributed by atoms with Crippen molar-refractivity contribution in [3.05, 3.63) is 83.1 Å². The van der Waals surface area contributed by atoms with Gasteiger partial charge in [0.15, 0.2) is 0 Å². The molecule has 23 heavy (non-hydrogen) atoms.